The minimum Gasteiger partial charge on any atom is -0.269 e. The molecule has 4 rings (SSSR count). The van der Waals surface area contributed by atoms with Gasteiger partial charge in [0.2, 0.25) is 0 Å². The van der Waals surface area contributed by atoms with E-state index in [1.54, 1.807) is 17.5 Å². The number of nitrogens with zero attached hydrogens (tertiary/aromatic N) is 4. The zero-order valence-corrected chi connectivity index (χ0v) is 11.1. The predicted octanol–water partition coefficient (Wildman–Crippen LogP) is 1.65. The maximum Gasteiger partial charge on any atom is 0.275 e. The van der Waals surface area contributed by atoms with E-state index in [4.69, 9.17) is 0 Å². The molecule has 6 heteroatoms. The quantitative estimate of drug-likeness (QED) is 0.712. The fourth-order valence-corrected chi connectivity index (χ4v) is 3.32. The molecule has 0 spiro atoms. The highest BCUT2D eigenvalue weighted by Crippen LogP contribution is 2.17. The Morgan fingerprint density at radius 2 is 2.37 bits per heavy atom. The van der Waals surface area contributed by atoms with Gasteiger partial charge in [0, 0.05) is 12.2 Å². The van der Waals surface area contributed by atoms with E-state index >= 15 is 0 Å². The van der Waals surface area contributed by atoms with Crippen LogP contribution in [0.1, 0.15) is 17.8 Å². The predicted molar refractivity (Wildman–Crippen MR) is 73.5 cm³/mol. The van der Waals surface area contributed by atoms with Gasteiger partial charge in [0.05, 0.1) is 28.5 Å². The lowest BCUT2D eigenvalue weighted by Crippen LogP contribution is -2.23. The zero-order chi connectivity index (χ0) is 12.8. The fraction of sp³-hybridized carbons (Fsp3) is 0.308. The Bertz CT molecular complexity index is 792. The number of hydrogen-bond acceptors (Lipinski definition) is 4. The number of aromatic nitrogens is 4. The Labute approximate surface area is 113 Å². The van der Waals surface area contributed by atoms with Crippen LogP contribution in [-0.4, -0.2) is 19.6 Å². The van der Waals surface area contributed by atoms with Crippen LogP contribution < -0.4 is 5.56 Å². The topological polar surface area (TPSA) is 52.7 Å². The molecule has 0 saturated heterocycles. The van der Waals surface area contributed by atoms with Gasteiger partial charge in [-0.1, -0.05) is 0 Å². The highest BCUT2D eigenvalue weighted by molar-refractivity contribution is 7.17. The van der Waals surface area contributed by atoms with Gasteiger partial charge in [-0.3, -0.25) is 9.48 Å². The Balaban J connectivity index is 1.74. The van der Waals surface area contributed by atoms with E-state index in [9.17, 15) is 4.79 Å². The van der Waals surface area contributed by atoms with Gasteiger partial charge in [-0.05, 0) is 30.4 Å². The van der Waals surface area contributed by atoms with Crippen LogP contribution in [0.15, 0.2) is 28.5 Å². The van der Waals surface area contributed by atoms with Crippen LogP contribution in [0.4, 0.5) is 0 Å². The van der Waals surface area contributed by atoms with Crippen molar-refractivity contribution in [1.29, 1.82) is 0 Å². The second kappa shape index (κ2) is 4.03. The van der Waals surface area contributed by atoms with Crippen LogP contribution >= 0.6 is 11.3 Å². The smallest absolute Gasteiger partial charge is 0.269 e. The van der Waals surface area contributed by atoms with Crippen molar-refractivity contribution in [3.63, 3.8) is 0 Å². The van der Waals surface area contributed by atoms with Crippen LogP contribution in [0.3, 0.4) is 0 Å². The lowest BCUT2D eigenvalue weighted by molar-refractivity contribution is 0.599. The van der Waals surface area contributed by atoms with Crippen molar-refractivity contribution in [2.24, 2.45) is 0 Å². The summed E-state index contributed by atoms with van der Waals surface area (Å²) in [5.41, 5.74) is 2.14. The summed E-state index contributed by atoms with van der Waals surface area (Å²) in [4.78, 5) is 12.2. The van der Waals surface area contributed by atoms with Gasteiger partial charge in [0.15, 0.2) is 0 Å². The lowest BCUT2D eigenvalue weighted by Gasteiger charge is -2.01. The molecule has 3 aromatic rings. The van der Waals surface area contributed by atoms with Gasteiger partial charge in [-0.2, -0.15) is 10.2 Å². The van der Waals surface area contributed by atoms with Crippen molar-refractivity contribution in [3.8, 4) is 0 Å². The third-order valence-corrected chi connectivity index (χ3v) is 4.35. The molecule has 0 fully saturated rings. The summed E-state index contributed by atoms with van der Waals surface area (Å²) in [5.74, 6) is 0. The maximum atomic E-state index is 12.2. The van der Waals surface area contributed by atoms with Crippen molar-refractivity contribution >= 4 is 21.4 Å². The molecule has 1 aliphatic rings. The molecule has 0 unspecified atom stereocenters. The molecule has 0 saturated carbocycles. The SMILES string of the molecule is O=c1c2ccsc2cnn1Cc1cc2n(n1)CCC2. The van der Waals surface area contributed by atoms with E-state index in [0.29, 0.717) is 6.54 Å². The normalized spacial score (nSPS) is 14.1. The number of hydrogen-bond donors (Lipinski definition) is 0. The zero-order valence-electron chi connectivity index (χ0n) is 10.2. The third kappa shape index (κ3) is 1.71. The molecule has 19 heavy (non-hydrogen) atoms. The van der Waals surface area contributed by atoms with Crippen molar-refractivity contribution in [3.05, 3.63) is 45.5 Å². The summed E-state index contributed by atoms with van der Waals surface area (Å²) in [6.07, 6.45) is 4.01. The first-order valence-electron chi connectivity index (χ1n) is 6.30. The van der Waals surface area contributed by atoms with E-state index < -0.39 is 0 Å². The number of aryl methyl sites for hydroxylation is 2. The van der Waals surface area contributed by atoms with Crippen LogP contribution in [0, 0.1) is 0 Å². The molecule has 3 aromatic heterocycles. The summed E-state index contributed by atoms with van der Waals surface area (Å²) in [7, 11) is 0. The summed E-state index contributed by atoms with van der Waals surface area (Å²) in [6.45, 7) is 1.44. The van der Waals surface area contributed by atoms with Crippen molar-refractivity contribution < 1.29 is 0 Å². The first-order valence-corrected chi connectivity index (χ1v) is 7.18. The highest BCUT2D eigenvalue weighted by atomic mass is 32.1. The molecule has 4 heterocycles. The molecule has 0 amide bonds. The Kier molecular flexibility index (Phi) is 2.32. The monoisotopic (exact) mass is 272 g/mol. The van der Waals surface area contributed by atoms with Crippen LogP contribution in [0.5, 0.6) is 0 Å². The standard InChI is InChI=1S/C13H12N4OS/c18-13-11-3-5-19-12(11)7-14-17(13)8-9-6-10-2-1-4-16(10)15-9/h3,5-7H,1-2,4,8H2. The first kappa shape index (κ1) is 10.9. The summed E-state index contributed by atoms with van der Waals surface area (Å²) in [5, 5.41) is 11.4. The lowest BCUT2D eigenvalue weighted by atomic mass is 10.2. The molecule has 96 valence electrons. The highest BCUT2D eigenvalue weighted by Gasteiger charge is 2.14. The molecule has 0 radical (unpaired) electrons. The van der Waals surface area contributed by atoms with Gasteiger partial charge >= 0.3 is 0 Å². The Morgan fingerprint density at radius 3 is 3.26 bits per heavy atom. The second-order valence-corrected chi connectivity index (χ2v) is 5.71. The van der Waals surface area contributed by atoms with E-state index in [-0.39, 0.29) is 5.56 Å². The molecule has 5 nitrogen and oxygen atoms in total. The molecule has 1 aliphatic heterocycles. The molecular formula is C13H12N4OS. The van der Waals surface area contributed by atoms with Crippen molar-refractivity contribution in [2.75, 3.05) is 0 Å². The number of rotatable bonds is 2. The van der Waals surface area contributed by atoms with Gasteiger partial charge in [-0.25, -0.2) is 4.68 Å². The molecule has 0 atom stereocenters. The van der Waals surface area contributed by atoms with Crippen LogP contribution in [0.25, 0.3) is 10.1 Å². The molecule has 0 aliphatic carbocycles. The van der Waals surface area contributed by atoms with Crippen LogP contribution in [0.2, 0.25) is 0 Å². The van der Waals surface area contributed by atoms with Crippen LogP contribution in [-0.2, 0) is 19.5 Å². The molecule has 0 aromatic carbocycles. The van der Waals surface area contributed by atoms with E-state index in [2.05, 4.69) is 16.3 Å². The summed E-state index contributed by atoms with van der Waals surface area (Å²) in [6, 6.07) is 3.94. The maximum absolute atomic E-state index is 12.2. The third-order valence-electron chi connectivity index (χ3n) is 3.50. The average Bonchev–Trinajstić information content (AvgIpc) is 3.07. The average molecular weight is 272 g/mol. The summed E-state index contributed by atoms with van der Waals surface area (Å²) < 4.78 is 4.46. The molecule has 0 N–H and O–H groups in total. The second-order valence-electron chi connectivity index (χ2n) is 4.76. The van der Waals surface area contributed by atoms with Crippen molar-refractivity contribution in [1.82, 2.24) is 19.6 Å². The van der Waals surface area contributed by atoms with Gasteiger partial charge < -0.3 is 0 Å². The Hall–Kier alpha value is -1.95. The number of fused-ring (bicyclic) bond motifs is 2. The number of thiophene rings is 1. The van der Waals surface area contributed by atoms with Crippen molar-refractivity contribution in [2.45, 2.75) is 25.9 Å². The van der Waals surface area contributed by atoms with Gasteiger partial charge in [0.1, 0.15) is 0 Å². The summed E-state index contributed by atoms with van der Waals surface area (Å²) >= 11 is 1.54. The van der Waals surface area contributed by atoms with E-state index in [0.717, 1.165) is 28.7 Å². The van der Waals surface area contributed by atoms with E-state index in [1.165, 1.54) is 16.8 Å². The molecule has 0 bridgehead atoms. The van der Waals surface area contributed by atoms with E-state index in [1.807, 2.05) is 16.1 Å². The fourth-order valence-electron chi connectivity index (χ4n) is 2.57. The minimum atomic E-state index is -0.0353. The first-order chi connectivity index (χ1) is 9.31. The Morgan fingerprint density at radius 1 is 1.42 bits per heavy atom. The van der Waals surface area contributed by atoms with Gasteiger partial charge in [-0.15, -0.1) is 11.3 Å². The minimum absolute atomic E-state index is 0.0353. The molecular weight excluding hydrogens is 260 g/mol. The van der Waals surface area contributed by atoms with Gasteiger partial charge in [0.25, 0.3) is 5.56 Å². The largest absolute Gasteiger partial charge is 0.275 e.